The van der Waals surface area contributed by atoms with Crippen LogP contribution in [0.4, 0.5) is 18.9 Å². The van der Waals surface area contributed by atoms with Gasteiger partial charge in [0.15, 0.2) is 0 Å². The van der Waals surface area contributed by atoms with E-state index in [1.807, 2.05) is 13.8 Å². The van der Waals surface area contributed by atoms with Crippen LogP contribution in [0.5, 0.6) is 5.75 Å². The number of anilines is 1. The summed E-state index contributed by atoms with van der Waals surface area (Å²) in [5.41, 5.74) is 6.18. The van der Waals surface area contributed by atoms with Crippen LogP contribution in [0.15, 0.2) is 18.2 Å². The van der Waals surface area contributed by atoms with Crippen molar-refractivity contribution in [2.45, 2.75) is 44.5 Å². The van der Waals surface area contributed by atoms with Gasteiger partial charge in [-0.1, -0.05) is 0 Å². The number of ether oxygens (including phenoxy) is 1. The second-order valence-electron chi connectivity index (χ2n) is 5.78. The van der Waals surface area contributed by atoms with Crippen molar-refractivity contribution in [3.05, 3.63) is 23.8 Å². The smallest absolute Gasteiger partial charge is 0.397 e. The van der Waals surface area contributed by atoms with E-state index in [0.29, 0.717) is 23.4 Å². The largest absolute Gasteiger partial charge is 0.487 e. The predicted octanol–water partition coefficient (Wildman–Crippen LogP) is 2.94. The molecule has 4 nitrogen and oxygen atoms in total. The Labute approximate surface area is 120 Å². The molecule has 0 aromatic heterocycles. The van der Waals surface area contributed by atoms with Gasteiger partial charge in [0, 0.05) is 17.7 Å². The predicted molar refractivity (Wildman–Crippen MR) is 71.7 cm³/mol. The maximum absolute atomic E-state index is 12.3. The molecule has 21 heavy (non-hydrogen) atoms. The first-order valence-corrected chi connectivity index (χ1v) is 6.50. The Hall–Kier alpha value is -1.92. The number of carbonyl (C=O) groups is 1. The molecule has 0 bridgehead atoms. The zero-order chi connectivity index (χ0) is 15.8. The molecule has 1 heterocycles. The van der Waals surface area contributed by atoms with Crippen LogP contribution >= 0.6 is 0 Å². The highest BCUT2D eigenvalue weighted by atomic mass is 19.4. The standard InChI is InChI=1S/C14H17F3N2O2/c1-13(2)6-10(19-12(20)7-14(15,16)17)9-5-8(18)3-4-11(9)21-13/h3-5,10H,6-7,18H2,1-2H3,(H,19,20). The Bertz CT molecular complexity index is 556. The normalized spacial score (nSPS) is 20.3. The van der Waals surface area contributed by atoms with Crippen LogP contribution in [0.2, 0.25) is 0 Å². The van der Waals surface area contributed by atoms with Crippen molar-refractivity contribution in [2.24, 2.45) is 0 Å². The van der Waals surface area contributed by atoms with Crippen molar-refractivity contribution >= 4 is 11.6 Å². The van der Waals surface area contributed by atoms with Gasteiger partial charge in [0.25, 0.3) is 0 Å². The number of nitrogen functional groups attached to an aromatic ring is 1. The molecule has 1 atom stereocenters. The fourth-order valence-corrected chi connectivity index (χ4v) is 2.43. The van der Waals surface area contributed by atoms with Gasteiger partial charge in [-0.3, -0.25) is 4.79 Å². The molecule has 116 valence electrons. The molecule has 2 rings (SSSR count). The minimum absolute atomic E-state index is 0.368. The van der Waals surface area contributed by atoms with Gasteiger partial charge in [0.1, 0.15) is 17.8 Å². The van der Waals surface area contributed by atoms with Gasteiger partial charge < -0.3 is 15.8 Å². The third-order valence-corrected chi connectivity index (χ3v) is 3.19. The summed E-state index contributed by atoms with van der Waals surface area (Å²) in [6.45, 7) is 3.63. The van der Waals surface area contributed by atoms with E-state index in [-0.39, 0.29) is 0 Å². The zero-order valence-electron chi connectivity index (χ0n) is 11.8. The number of carbonyl (C=O) groups excluding carboxylic acids is 1. The zero-order valence-corrected chi connectivity index (χ0v) is 11.8. The van der Waals surface area contributed by atoms with Gasteiger partial charge in [-0.15, -0.1) is 0 Å². The summed E-state index contributed by atoms with van der Waals surface area (Å²) < 4.78 is 42.6. The number of nitrogens with two attached hydrogens (primary N) is 1. The Morgan fingerprint density at radius 1 is 1.48 bits per heavy atom. The first-order valence-electron chi connectivity index (χ1n) is 6.50. The maximum Gasteiger partial charge on any atom is 0.397 e. The molecular formula is C14H17F3N2O2. The number of amides is 1. The highest BCUT2D eigenvalue weighted by Gasteiger charge is 2.37. The van der Waals surface area contributed by atoms with Crippen molar-refractivity contribution < 1.29 is 22.7 Å². The molecule has 1 aliphatic rings. The average Bonchev–Trinajstić information content (AvgIpc) is 2.26. The maximum atomic E-state index is 12.3. The van der Waals surface area contributed by atoms with Crippen LogP contribution in [-0.4, -0.2) is 17.7 Å². The molecule has 1 aromatic carbocycles. The summed E-state index contributed by atoms with van der Waals surface area (Å²) in [5, 5.41) is 2.42. The van der Waals surface area contributed by atoms with Crippen molar-refractivity contribution in [3.63, 3.8) is 0 Å². The Morgan fingerprint density at radius 2 is 2.14 bits per heavy atom. The third kappa shape index (κ3) is 4.03. The first kappa shape index (κ1) is 15.5. The number of benzene rings is 1. The number of halogens is 3. The monoisotopic (exact) mass is 302 g/mol. The van der Waals surface area contributed by atoms with E-state index in [0.717, 1.165) is 0 Å². The van der Waals surface area contributed by atoms with E-state index in [2.05, 4.69) is 5.32 Å². The average molecular weight is 302 g/mol. The number of fused-ring (bicyclic) bond motifs is 1. The molecule has 0 saturated heterocycles. The molecular weight excluding hydrogens is 285 g/mol. The minimum atomic E-state index is -4.52. The Kier molecular flexibility index (Phi) is 3.78. The Morgan fingerprint density at radius 3 is 2.76 bits per heavy atom. The molecule has 1 unspecified atom stereocenters. The second-order valence-corrected chi connectivity index (χ2v) is 5.78. The lowest BCUT2D eigenvalue weighted by molar-refractivity contribution is -0.154. The number of hydrogen-bond donors (Lipinski definition) is 2. The van der Waals surface area contributed by atoms with E-state index in [4.69, 9.17) is 10.5 Å². The lowest BCUT2D eigenvalue weighted by Crippen LogP contribution is -2.42. The third-order valence-electron chi connectivity index (χ3n) is 3.19. The highest BCUT2D eigenvalue weighted by Crippen LogP contribution is 2.40. The van der Waals surface area contributed by atoms with Crippen LogP contribution in [0.1, 0.15) is 38.3 Å². The molecule has 7 heteroatoms. The van der Waals surface area contributed by atoms with E-state index < -0.39 is 30.1 Å². The van der Waals surface area contributed by atoms with Gasteiger partial charge in [0.05, 0.1) is 6.04 Å². The van der Waals surface area contributed by atoms with Crippen LogP contribution in [0.25, 0.3) is 0 Å². The molecule has 0 radical (unpaired) electrons. The molecule has 0 aliphatic carbocycles. The van der Waals surface area contributed by atoms with Crippen LogP contribution in [0.3, 0.4) is 0 Å². The van der Waals surface area contributed by atoms with Crippen LogP contribution in [0, 0.1) is 0 Å². The SMILES string of the molecule is CC1(C)CC(NC(=O)CC(F)(F)F)c2cc(N)ccc2O1. The van der Waals surface area contributed by atoms with Crippen molar-refractivity contribution in [1.29, 1.82) is 0 Å². The van der Waals surface area contributed by atoms with Gasteiger partial charge in [-0.2, -0.15) is 13.2 Å². The lowest BCUT2D eigenvalue weighted by Gasteiger charge is -2.38. The lowest BCUT2D eigenvalue weighted by atomic mass is 9.89. The van der Waals surface area contributed by atoms with Crippen molar-refractivity contribution in [1.82, 2.24) is 5.32 Å². The molecule has 1 aromatic rings. The van der Waals surface area contributed by atoms with Crippen LogP contribution < -0.4 is 15.8 Å². The highest BCUT2D eigenvalue weighted by molar-refractivity contribution is 5.77. The van der Waals surface area contributed by atoms with E-state index in [1.54, 1.807) is 18.2 Å². The van der Waals surface area contributed by atoms with Crippen molar-refractivity contribution in [2.75, 3.05) is 5.73 Å². The summed E-state index contributed by atoms with van der Waals surface area (Å²) in [7, 11) is 0. The number of hydrogen-bond acceptors (Lipinski definition) is 3. The van der Waals surface area contributed by atoms with Gasteiger partial charge in [0.2, 0.25) is 5.91 Å². The summed E-state index contributed by atoms with van der Waals surface area (Å²) in [5.74, 6) is -0.531. The van der Waals surface area contributed by atoms with Crippen molar-refractivity contribution in [3.8, 4) is 5.75 Å². The van der Waals surface area contributed by atoms with E-state index in [9.17, 15) is 18.0 Å². The number of rotatable bonds is 2. The van der Waals surface area contributed by atoms with E-state index >= 15 is 0 Å². The molecule has 1 aliphatic heterocycles. The molecule has 3 N–H and O–H groups in total. The first-order chi connectivity index (χ1) is 9.56. The Balaban J connectivity index is 2.23. The summed E-state index contributed by atoms with van der Waals surface area (Å²) in [6.07, 6.45) is -5.65. The number of nitrogens with one attached hydrogen (secondary N) is 1. The van der Waals surface area contributed by atoms with Gasteiger partial charge in [-0.25, -0.2) is 0 Å². The topological polar surface area (TPSA) is 64.4 Å². The van der Waals surface area contributed by atoms with Gasteiger partial charge >= 0.3 is 6.18 Å². The summed E-state index contributed by atoms with van der Waals surface area (Å²) >= 11 is 0. The molecule has 1 amide bonds. The van der Waals surface area contributed by atoms with E-state index in [1.165, 1.54) is 0 Å². The van der Waals surface area contributed by atoms with Crippen LogP contribution in [-0.2, 0) is 4.79 Å². The minimum Gasteiger partial charge on any atom is -0.487 e. The second kappa shape index (κ2) is 5.13. The van der Waals surface area contributed by atoms with Gasteiger partial charge in [-0.05, 0) is 32.0 Å². The summed E-state index contributed by atoms with van der Waals surface area (Å²) in [4.78, 5) is 11.5. The molecule has 0 fully saturated rings. The fraction of sp³-hybridized carbons (Fsp3) is 0.500. The quantitative estimate of drug-likeness (QED) is 0.826. The summed E-state index contributed by atoms with van der Waals surface area (Å²) in [6, 6.07) is 4.37. The number of alkyl halides is 3. The molecule has 0 spiro atoms. The fourth-order valence-electron chi connectivity index (χ4n) is 2.43. The molecule has 0 saturated carbocycles.